The number of pyridine rings is 1. The van der Waals surface area contributed by atoms with E-state index in [1.807, 2.05) is 0 Å². The molecule has 0 spiro atoms. The molecule has 0 saturated carbocycles. The van der Waals surface area contributed by atoms with Gasteiger partial charge in [-0.25, -0.2) is 0 Å². The zero-order valence-electron chi connectivity index (χ0n) is 15.9. The Morgan fingerprint density at radius 2 is 1.77 bits per heavy atom. The number of fused-ring (bicyclic) bond motifs is 1. The zero-order valence-corrected chi connectivity index (χ0v) is 15.9. The fraction of sp³-hybridized carbons (Fsp3) is 0.0909. The van der Waals surface area contributed by atoms with Gasteiger partial charge in [0.1, 0.15) is 12.3 Å². The first-order chi connectivity index (χ1) is 14.6. The Morgan fingerprint density at radius 3 is 2.53 bits per heavy atom. The topological polar surface area (TPSA) is 101 Å². The number of hydrogen-bond donors (Lipinski definition) is 2. The Kier molecular flexibility index (Phi) is 5.38. The molecule has 4 rings (SSSR count). The van der Waals surface area contributed by atoms with Crippen molar-refractivity contribution >= 4 is 34.8 Å². The molecule has 0 saturated heterocycles. The standard InChI is InChI=1S/C22H18N4O4/c27-20(13-26-18-5-1-2-6-19(18)30-14-21(26)28)24-16-9-7-15(8-10-16)22(29)25-17-4-3-11-23-12-17/h1-12H,13-14H2,(H,24,27)(H,25,29). The first-order valence-corrected chi connectivity index (χ1v) is 9.23. The fourth-order valence-corrected chi connectivity index (χ4v) is 3.02. The van der Waals surface area contributed by atoms with Gasteiger partial charge >= 0.3 is 0 Å². The molecule has 2 aromatic carbocycles. The predicted octanol–water partition coefficient (Wildman–Crippen LogP) is 2.70. The van der Waals surface area contributed by atoms with E-state index in [-0.39, 0.29) is 30.9 Å². The Morgan fingerprint density at radius 1 is 0.967 bits per heavy atom. The summed E-state index contributed by atoms with van der Waals surface area (Å²) in [5.74, 6) is -0.357. The van der Waals surface area contributed by atoms with E-state index < -0.39 is 0 Å². The number of hydrogen-bond acceptors (Lipinski definition) is 5. The van der Waals surface area contributed by atoms with Gasteiger partial charge in [-0.2, -0.15) is 0 Å². The second-order valence-corrected chi connectivity index (χ2v) is 6.56. The molecule has 0 unspecified atom stereocenters. The lowest BCUT2D eigenvalue weighted by molar-refractivity contribution is -0.123. The Hall–Kier alpha value is -4.20. The number of nitrogens with one attached hydrogen (secondary N) is 2. The Bertz CT molecular complexity index is 1080. The number of aromatic nitrogens is 1. The maximum atomic E-state index is 12.5. The summed E-state index contributed by atoms with van der Waals surface area (Å²) in [6.07, 6.45) is 3.17. The van der Waals surface area contributed by atoms with E-state index in [9.17, 15) is 14.4 Å². The maximum absolute atomic E-state index is 12.5. The van der Waals surface area contributed by atoms with Gasteiger partial charge in [0.05, 0.1) is 17.6 Å². The third-order valence-corrected chi connectivity index (χ3v) is 4.46. The normalized spacial score (nSPS) is 12.5. The molecule has 30 heavy (non-hydrogen) atoms. The molecular weight excluding hydrogens is 384 g/mol. The third kappa shape index (κ3) is 4.27. The van der Waals surface area contributed by atoms with Crippen LogP contribution in [-0.2, 0) is 9.59 Å². The van der Waals surface area contributed by atoms with Crippen molar-refractivity contribution in [2.24, 2.45) is 0 Å². The van der Waals surface area contributed by atoms with Crippen LogP contribution in [0.4, 0.5) is 17.1 Å². The van der Waals surface area contributed by atoms with E-state index >= 15 is 0 Å². The van der Waals surface area contributed by atoms with Crippen molar-refractivity contribution in [2.45, 2.75) is 0 Å². The molecule has 1 aliphatic heterocycles. The highest BCUT2D eigenvalue weighted by molar-refractivity contribution is 6.06. The Balaban J connectivity index is 1.38. The van der Waals surface area contributed by atoms with Crippen molar-refractivity contribution in [3.8, 4) is 5.75 Å². The molecule has 0 radical (unpaired) electrons. The van der Waals surface area contributed by atoms with Crippen molar-refractivity contribution < 1.29 is 19.1 Å². The molecule has 0 bridgehead atoms. The van der Waals surface area contributed by atoms with Crippen LogP contribution >= 0.6 is 0 Å². The SMILES string of the molecule is O=C(CN1C(=O)COc2ccccc21)Nc1ccc(C(=O)Nc2cccnc2)cc1. The van der Waals surface area contributed by atoms with E-state index in [0.29, 0.717) is 28.4 Å². The lowest BCUT2D eigenvalue weighted by atomic mass is 10.2. The Labute approximate surface area is 172 Å². The van der Waals surface area contributed by atoms with Crippen molar-refractivity contribution in [1.29, 1.82) is 0 Å². The van der Waals surface area contributed by atoms with E-state index in [1.165, 1.54) is 4.90 Å². The molecule has 8 heteroatoms. The largest absolute Gasteiger partial charge is 0.482 e. The number of nitrogens with zero attached hydrogens (tertiary/aromatic N) is 2. The third-order valence-electron chi connectivity index (χ3n) is 4.46. The van der Waals surface area contributed by atoms with Crippen LogP contribution in [0.25, 0.3) is 0 Å². The molecule has 150 valence electrons. The van der Waals surface area contributed by atoms with Crippen molar-refractivity contribution in [2.75, 3.05) is 28.7 Å². The van der Waals surface area contributed by atoms with E-state index in [0.717, 1.165) is 0 Å². The molecule has 3 aromatic rings. The summed E-state index contributed by atoms with van der Waals surface area (Å²) in [7, 11) is 0. The molecule has 0 atom stereocenters. The average Bonchev–Trinajstić information content (AvgIpc) is 2.77. The molecular formula is C22H18N4O4. The van der Waals surface area contributed by atoms with Gasteiger partial charge in [0.15, 0.2) is 6.61 Å². The van der Waals surface area contributed by atoms with Gasteiger partial charge < -0.3 is 15.4 Å². The lowest BCUT2D eigenvalue weighted by Gasteiger charge is -2.28. The number of ether oxygens (including phenoxy) is 1. The summed E-state index contributed by atoms with van der Waals surface area (Å²) in [6, 6.07) is 17.0. The fourth-order valence-electron chi connectivity index (χ4n) is 3.02. The highest BCUT2D eigenvalue weighted by Gasteiger charge is 2.26. The first kappa shape index (κ1) is 19.1. The lowest BCUT2D eigenvalue weighted by Crippen LogP contribution is -2.43. The summed E-state index contributed by atoms with van der Waals surface area (Å²) in [5, 5.41) is 5.48. The summed E-state index contributed by atoms with van der Waals surface area (Å²) >= 11 is 0. The predicted molar refractivity (Wildman–Crippen MR) is 112 cm³/mol. The molecule has 1 aromatic heterocycles. The van der Waals surface area contributed by atoms with Crippen LogP contribution in [0.15, 0.2) is 73.1 Å². The van der Waals surface area contributed by atoms with Gasteiger partial charge in [0.25, 0.3) is 11.8 Å². The molecule has 8 nitrogen and oxygen atoms in total. The van der Waals surface area contributed by atoms with Gasteiger partial charge in [0, 0.05) is 17.4 Å². The monoisotopic (exact) mass is 402 g/mol. The smallest absolute Gasteiger partial charge is 0.265 e. The minimum Gasteiger partial charge on any atom is -0.482 e. The number of para-hydroxylation sites is 2. The molecule has 1 aliphatic rings. The first-order valence-electron chi connectivity index (χ1n) is 9.23. The molecule has 3 amide bonds. The average molecular weight is 402 g/mol. The van der Waals surface area contributed by atoms with Crippen LogP contribution in [0.2, 0.25) is 0 Å². The quantitative estimate of drug-likeness (QED) is 0.683. The number of carbonyl (C=O) groups is 3. The van der Waals surface area contributed by atoms with Crippen LogP contribution in [0.1, 0.15) is 10.4 Å². The molecule has 0 aliphatic carbocycles. The maximum Gasteiger partial charge on any atom is 0.265 e. The van der Waals surface area contributed by atoms with Crippen molar-refractivity contribution in [3.63, 3.8) is 0 Å². The second kappa shape index (κ2) is 8.44. The highest BCUT2D eigenvalue weighted by Crippen LogP contribution is 2.31. The minimum absolute atomic E-state index is 0.106. The molecule has 2 heterocycles. The van der Waals surface area contributed by atoms with Gasteiger partial charge in [-0.05, 0) is 48.5 Å². The minimum atomic E-state index is -0.354. The van der Waals surface area contributed by atoms with Crippen LogP contribution in [0, 0.1) is 0 Å². The summed E-state index contributed by atoms with van der Waals surface area (Å²) in [4.78, 5) is 42.3. The summed E-state index contributed by atoms with van der Waals surface area (Å²) < 4.78 is 5.38. The van der Waals surface area contributed by atoms with Crippen LogP contribution in [0.3, 0.4) is 0 Å². The number of anilines is 3. The molecule has 0 fully saturated rings. The second-order valence-electron chi connectivity index (χ2n) is 6.56. The number of carbonyl (C=O) groups excluding carboxylic acids is 3. The van der Waals surface area contributed by atoms with Crippen LogP contribution in [0.5, 0.6) is 5.75 Å². The van der Waals surface area contributed by atoms with E-state index in [1.54, 1.807) is 73.1 Å². The number of rotatable bonds is 5. The number of amides is 3. The molecule has 2 N–H and O–H groups in total. The van der Waals surface area contributed by atoms with E-state index in [2.05, 4.69) is 15.6 Å². The van der Waals surface area contributed by atoms with E-state index in [4.69, 9.17) is 4.74 Å². The van der Waals surface area contributed by atoms with Crippen LogP contribution in [-0.4, -0.2) is 35.9 Å². The van der Waals surface area contributed by atoms with Crippen molar-refractivity contribution in [3.05, 3.63) is 78.6 Å². The highest BCUT2D eigenvalue weighted by atomic mass is 16.5. The summed E-state index contributed by atoms with van der Waals surface area (Å²) in [5.41, 5.74) is 2.11. The van der Waals surface area contributed by atoms with Gasteiger partial charge in [-0.3, -0.25) is 24.3 Å². The van der Waals surface area contributed by atoms with Gasteiger partial charge in [-0.15, -0.1) is 0 Å². The van der Waals surface area contributed by atoms with Gasteiger partial charge in [-0.1, -0.05) is 12.1 Å². The zero-order chi connectivity index (χ0) is 20.9. The van der Waals surface area contributed by atoms with Gasteiger partial charge in [0.2, 0.25) is 5.91 Å². The van der Waals surface area contributed by atoms with Crippen molar-refractivity contribution in [1.82, 2.24) is 4.98 Å². The number of benzene rings is 2. The van der Waals surface area contributed by atoms with Crippen LogP contribution < -0.4 is 20.3 Å². The summed E-state index contributed by atoms with van der Waals surface area (Å²) in [6.45, 7) is -0.243.